The van der Waals surface area contributed by atoms with Crippen molar-refractivity contribution in [3.05, 3.63) is 218 Å². The van der Waals surface area contributed by atoms with Gasteiger partial charge in [0.25, 0.3) is 0 Å². The second-order valence-electron chi connectivity index (χ2n) is 14.3. The fraction of sp³-hybridized carbons (Fsp3) is 0. The first-order valence-electron chi connectivity index (χ1n) is 19.3. The van der Waals surface area contributed by atoms with E-state index in [9.17, 15) is 0 Å². The van der Waals surface area contributed by atoms with Crippen LogP contribution in [-0.2, 0) is 0 Å². The molecule has 0 aliphatic heterocycles. The van der Waals surface area contributed by atoms with Gasteiger partial charge in [0.15, 0.2) is 0 Å². The molecule has 10 aromatic rings. The minimum Gasteiger partial charge on any atom is -0.355 e. The van der Waals surface area contributed by atoms with E-state index in [-0.39, 0.29) is 0 Å². The lowest BCUT2D eigenvalue weighted by molar-refractivity contribution is 1.51. The number of anilines is 4. The van der Waals surface area contributed by atoms with E-state index in [1.807, 2.05) is 11.3 Å². The minimum absolute atomic E-state index is 1.05. The lowest BCUT2D eigenvalue weighted by Crippen LogP contribution is -1.95. The molecule has 0 spiro atoms. The van der Waals surface area contributed by atoms with Crippen molar-refractivity contribution >= 4 is 54.3 Å². The Morgan fingerprint density at radius 2 is 0.754 bits per heavy atom. The Bertz CT molecular complexity index is 3020. The number of fused-ring (bicyclic) bond motifs is 3. The van der Waals surface area contributed by atoms with Gasteiger partial charge in [-0.05, 0) is 111 Å². The SMILES string of the molecule is c1ccc(-c2cccc(Nc3ccccc3-c3cccc(-c4ccc(Nc5cccc(-c6ccccc6)c5)c(-c5ccc6sc7ccccc7c6c5)c4)c3)c2)cc1. The van der Waals surface area contributed by atoms with Crippen molar-refractivity contribution in [2.45, 2.75) is 0 Å². The average Bonchev–Trinajstić information content (AvgIpc) is 3.66. The summed E-state index contributed by atoms with van der Waals surface area (Å²) in [5.74, 6) is 0. The van der Waals surface area contributed by atoms with Gasteiger partial charge in [0.05, 0.1) is 0 Å². The summed E-state index contributed by atoms with van der Waals surface area (Å²) in [5.41, 5.74) is 15.9. The highest BCUT2D eigenvalue weighted by atomic mass is 32.1. The smallest absolute Gasteiger partial charge is 0.0464 e. The molecule has 0 atom stereocenters. The van der Waals surface area contributed by atoms with Crippen LogP contribution in [-0.4, -0.2) is 0 Å². The zero-order chi connectivity index (χ0) is 38.0. The van der Waals surface area contributed by atoms with E-state index in [0.717, 1.165) is 50.6 Å². The summed E-state index contributed by atoms with van der Waals surface area (Å²) in [7, 11) is 0. The zero-order valence-electron chi connectivity index (χ0n) is 31.2. The van der Waals surface area contributed by atoms with Gasteiger partial charge >= 0.3 is 0 Å². The first kappa shape index (κ1) is 34.3. The molecule has 0 aliphatic rings. The normalized spacial score (nSPS) is 11.2. The minimum atomic E-state index is 1.05. The van der Waals surface area contributed by atoms with Gasteiger partial charge < -0.3 is 10.6 Å². The Hall–Kier alpha value is -7.20. The monoisotopic (exact) mass is 746 g/mol. The molecule has 3 heteroatoms. The van der Waals surface area contributed by atoms with E-state index >= 15 is 0 Å². The zero-order valence-corrected chi connectivity index (χ0v) is 32.0. The second-order valence-corrected chi connectivity index (χ2v) is 15.4. The summed E-state index contributed by atoms with van der Waals surface area (Å²) in [5, 5.41) is 10.1. The van der Waals surface area contributed by atoms with Gasteiger partial charge in [-0.25, -0.2) is 0 Å². The number of thiophene rings is 1. The van der Waals surface area contributed by atoms with Crippen LogP contribution >= 0.6 is 11.3 Å². The van der Waals surface area contributed by atoms with E-state index in [4.69, 9.17) is 0 Å². The summed E-state index contributed by atoms with van der Waals surface area (Å²) in [6.45, 7) is 0. The van der Waals surface area contributed by atoms with Crippen LogP contribution in [0.2, 0.25) is 0 Å². The predicted molar refractivity (Wildman–Crippen MR) is 246 cm³/mol. The number of nitrogens with one attached hydrogen (secondary N) is 2. The molecule has 0 aliphatic carbocycles. The molecule has 0 amide bonds. The third kappa shape index (κ3) is 7.09. The van der Waals surface area contributed by atoms with Crippen molar-refractivity contribution in [2.24, 2.45) is 0 Å². The number of hydrogen-bond donors (Lipinski definition) is 2. The number of hydrogen-bond acceptors (Lipinski definition) is 3. The molecule has 10 rings (SSSR count). The predicted octanol–water partition coefficient (Wildman–Crippen LogP) is 15.9. The maximum Gasteiger partial charge on any atom is 0.0464 e. The number of rotatable bonds is 9. The van der Waals surface area contributed by atoms with Gasteiger partial charge in [-0.2, -0.15) is 0 Å². The Kier molecular flexibility index (Phi) is 9.11. The number of para-hydroxylation sites is 1. The van der Waals surface area contributed by atoms with Crippen LogP contribution in [0.15, 0.2) is 218 Å². The summed E-state index contributed by atoms with van der Waals surface area (Å²) in [6, 6.07) is 78.3. The highest BCUT2D eigenvalue weighted by Crippen LogP contribution is 2.41. The largest absolute Gasteiger partial charge is 0.355 e. The molecule has 9 aromatic carbocycles. The van der Waals surface area contributed by atoms with E-state index in [0.29, 0.717) is 0 Å². The van der Waals surface area contributed by atoms with Gasteiger partial charge in [0.2, 0.25) is 0 Å². The Balaban J connectivity index is 1.03. The lowest BCUT2D eigenvalue weighted by atomic mass is 9.94. The van der Waals surface area contributed by atoms with Crippen molar-refractivity contribution in [3.8, 4) is 55.6 Å². The van der Waals surface area contributed by atoms with Crippen molar-refractivity contribution < 1.29 is 0 Å². The highest BCUT2D eigenvalue weighted by molar-refractivity contribution is 7.25. The average molecular weight is 747 g/mol. The van der Waals surface area contributed by atoms with E-state index in [1.54, 1.807) is 0 Å². The highest BCUT2D eigenvalue weighted by Gasteiger charge is 2.14. The van der Waals surface area contributed by atoms with Gasteiger partial charge in [-0.1, -0.05) is 152 Å². The van der Waals surface area contributed by atoms with E-state index in [2.05, 4.69) is 229 Å². The molecule has 270 valence electrons. The van der Waals surface area contributed by atoms with Crippen LogP contribution in [0, 0.1) is 0 Å². The van der Waals surface area contributed by atoms with Gasteiger partial charge in [0, 0.05) is 54.0 Å². The van der Waals surface area contributed by atoms with Crippen molar-refractivity contribution in [1.82, 2.24) is 0 Å². The van der Waals surface area contributed by atoms with Gasteiger partial charge in [-0.3, -0.25) is 0 Å². The molecule has 0 radical (unpaired) electrons. The van der Waals surface area contributed by atoms with Crippen LogP contribution in [0.4, 0.5) is 22.7 Å². The maximum absolute atomic E-state index is 3.82. The topological polar surface area (TPSA) is 24.1 Å². The number of benzene rings is 9. The molecule has 0 saturated carbocycles. The molecular formula is C54H38N2S. The third-order valence-electron chi connectivity index (χ3n) is 10.6. The fourth-order valence-corrected chi connectivity index (χ4v) is 8.89. The van der Waals surface area contributed by atoms with Crippen molar-refractivity contribution in [1.29, 1.82) is 0 Å². The summed E-state index contributed by atoms with van der Waals surface area (Å²) in [4.78, 5) is 0. The van der Waals surface area contributed by atoms with Crippen molar-refractivity contribution in [3.63, 3.8) is 0 Å². The van der Waals surface area contributed by atoms with Crippen LogP contribution in [0.5, 0.6) is 0 Å². The van der Waals surface area contributed by atoms with Crippen molar-refractivity contribution in [2.75, 3.05) is 10.6 Å². The molecule has 2 N–H and O–H groups in total. The Morgan fingerprint density at radius 1 is 0.263 bits per heavy atom. The molecule has 0 saturated heterocycles. The standard InChI is InChI=1S/C54H38N2S/c1-3-14-37(15-4-1)40-19-12-22-45(33-40)55-51-26-9-7-24-47(51)43-21-11-18-39(32-43)42-28-30-52(56-46-23-13-20-41(34-46)38-16-5-2-6-17-38)49(35-42)44-29-31-54-50(36-44)48-25-8-10-27-53(48)57-54/h1-36,55-56H. The Labute approximate surface area is 337 Å². The Morgan fingerprint density at radius 3 is 1.47 bits per heavy atom. The van der Waals surface area contributed by atoms with E-state index < -0.39 is 0 Å². The maximum atomic E-state index is 3.82. The summed E-state index contributed by atoms with van der Waals surface area (Å²) >= 11 is 1.85. The third-order valence-corrected chi connectivity index (χ3v) is 11.8. The molecule has 1 aromatic heterocycles. The first-order chi connectivity index (χ1) is 28.2. The molecule has 57 heavy (non-hydrogen) atoms. The molecule has 2 nitrogen and oxygen atoms in total. The summed E-state index contributed by atoms with van der Waals surface area (Å²) < 4.78 is 2.61. The van der Waals surface area contributed by atoms with Gasteiger partial charge in [-0.15, -0.1) is 11.3 Å². The fourth-order valence-electron chi connectivity index (χ4n) is 7.80. The lowest BCUT2D eigenvalue weighted by Gasteiger charge is -2.17. The molecule has 1 heterocycles. The quantitative estimate of drug-likeness (QED) is 0.154. The van der Waals surface area contributed by atoms with Crippen LogP contribution in [0.3, 0.4) is 0 Å². The second kappa shape index (κ2) is 15.1. The molecule has 0 unspecified atom stereocenters. The van der Waals surface area contributed by atoms with E-state index in [1.165, 1.54) is 48.0 Å². The van der Waals surface area contributed by atoms with Crippen LogP contribution in [0.1, 0.15) is 0 Å². The molecular weight excluding hydrogens is 709 g/mol. The molecule has 0 bridgehead atoms. The summed E-state index contributed by atoms with van der Waals surface area (Å²) in [6.07, 6.45) is 0. The van der Waals surface area contributed by atoms with Crippen LogP contribution < -0.4 is 10.6 Å². The molecule has 0 fully saturated rings. The first-order valence-corrected chi connectivity index (χ1v) is 20.1. The van der Waals surface area contributed by atoms with Gasteiger partial charge in [0.1, 0.15) is 0 Å². The van der Waals surface area contributed by atoms with Crippen LogP contribution in [0.25, 0.3) is 75.8 Å².